The molecule has 0 aliphatic heterocycles. The molecule has 0 rings (SSSR count). The first-order valence-corrected chi connectivity index (χ1v) is 7.70. The lowest BCUT2D eigenvalue weighted by molar-refractivity contribution is -0.138. The highest BCUT2D eigenvalue weighted by molar-refractivity contribution is 7.41. The molecular formula is C6H10Cl2O3Si. The summed E-state index contributed by atoms with van der Waals surface area (Å²) < 4.78 is 9.59. The second kappa shape index (κ2) is 5.58. The number of hydrogen-bond donors (Lipinski definition) is 0. The highest BCUT2D eigenvalue weighted by atomic mass is 35.7. The first-order valence-electron chi connectivity index (χ1n) is 3.26. The van der Waals surface area contributed by atoms with E-state index in [-0.39, 0.29) is 13.2 Å². The lowest BCUT2D eigenvalue weighted by Crippen LogP contribution is -2.22. The smallest absolute Gasteiger partial charge is 0.386 e. The SMILES string of the molecule is C=CC(=O)OCCO[Si](C)(Cl)Cl. The Morgan fingerprint density at radius 1 is 1.58 bits per heavy atom. The molecule has 70 valence electrons. The van der Waals surface area contributed by atoms with Crippen LogP contribution in [0.4, 0.5) is 0 Å². The van der Waals surface area contributed by atoms with E-state index in [1.54, 1.807) is 6.55 Å². The fourth-order valence-corrected chi connectivity index (χ4v) is 1.33. The van der Waals surface area contributed by atoms with Crippen LogP contribution in [-0.4, -0.2) is 26.1 Å². The van der Waals surface area contributed by atoms with Crippen molar-refractivity contribution >= 4 is 35.1 Å². The highest BCUT2D eigenvalue weighted by Crippen LogP contribution is 2.14. The summed E-state index contributed by atoms with van der Waals surface area (Å²) in [6.07, 6.45) is 1.08. The van der Waals surface area contributed by atoms with Crippen LogP contribution in [0.1, 0.15) is 0 Å². The van der Waals surface area contributed by atoms with Crippen molar-refractivity contribution in [2.24, 2.45) is 0 Å². The summed E-state index contributed by atoms with van der Waals surface area (Å²) in [5, 5.41) is 0. The van der Waals surface area contributed by atoms with Gasteiger partial charge in [0.15, 0.2) is 0 Å². The van der Waals surface area contributed by atoms with E-state index < -0.39 is 12.9 Å². The predicted molar refractivity (Wildman–Crippen MR) is 50.4 cm³/mol. The summed E-state index contributed by atoms with van der Waals surface area (Å²) in [5.74, 6) is -0.480. The van der Waals surface area contributed by atoms with Gasteiger partial charge in [-0.05, 0) is 6.55 Å². The molecule has 0 radical (unpaired) electrons. The van der Waals surface area contributed by atoms with E-state index in [9.17, 15) is 4.79 Å². The number of esters is 1. The lowest BCUT2D eigenvalue weighted by Gasteiger charge is -2.10. The van der Waals surface area contributed by atoms with E-state index in [1.807, 2.05) is 0 Å². The maximum atomic E-state index is 10.5. The van der Waals surface area contributed by atoms with Crippen LogP contribution in [0.25, 0.3) is 0 Å². The quantitative estimate of drug-likeness (QED) is 0.237. The van der Waals surface area contributed by atoms with Gasteiger partial charge in [0.1, 0.15) is 6.61 Å². The zero-order chi connectivity index (χ0) is 9.61. The number of halogens is 2. The molecule has 0 saturated heterocycles. The summed E-state index contributed by atoms with van der Waals surface area (Å²) in [7, 11) is 0. The Balaban J connectivity index is 3.34. The number of carbonyl (C=O) groups is 1. The average Bonchev–Trinajstić information content (AvgIpc) is 1.96. The first kappa shape index (κ1) is 12.0. The third-order valence-electron chi connectivity index (χ3n) is 0.850. The Hall–Kier alpha value is -0.0331. The third kappa shape index (κ3) is 8.07. The van der Waals surface area contributed by atoms with Crippen LogP contribution in [0.15, 0.2) is 12.7 Å². The minimum atomic E-state index is -2.51. The monoisotopic (exact) mass is 228 g/mol. The van der Waals surface area contributed by atoms with Crippen molar-refractivity contribution in [1.82, 2.24) is 0 Å². The van der Waals surface area contributed by atoms with E-state index in [1.165, 1.54) is 0 Å². The molecule has 0 aromatic heterocycles. The predicted octanol–water partition coefficient (Wildman–Crippen LogP) is 1.78. The number of ether oxygens (including phenoxy) is 1. The molecule has 0 spiro atoms. The first-order chi connectivity index (χ1) is 5.45. The van der Waals surface area contributed by atoms with Crippen molar-refractivity contribution < 1.29 is 14.0 Å². The van der Waals surface area contributed by atoms with E-state index in [0.717, 1.165) is 6.08 Å². The molecule has 0 unspecified atom stereocenters. The fourth-order valence-electron chi connectivity index (χ4n) is 0.422. The standard InChI is InChI=1S/C6H10Cl2O3Si/c1-3-6(9)10-4-5-11-12(2,7)8/h3H,1,4-5H2,2H3. The van der Waals surface area contributed by atoms with Crippen molar-refractivity contribution in [3.8, 4) is 0 Å². The Labute approximate surface area is 81.8 Å². The molecule has 0 heterocycles. The van der Waals surface area contributed by atoms with E-state index in [4.69, 9.17) is 26.6 Å². The molecule has 0 aromatic carbocycles. The van der Waals surface area contributed by atoms with Crippen LogP contribution in [0.3, 0.4) is 0 Å². The van der Waals surface area contributed by atoms with Gasteiger partial charge < -0.3 is 9.16 Å². The van der Waals surface area contributed by atoms with Crippen LogP contribution in [-0.2, 0) is 14.0 Å². The van der Waals surface area contributed by atoms with Crippen molar-refractivity contribution in [3.63, 3.8) is 0 Å². The Morgan fingerprint density at radius 3 is 2.58 bits per heavy atom. The van der Waals surface area contributed by atoms with Gasteiger partial charge >= 0.3 is 12.9 Å². The van der Waals surface area contributed by atoms with E-state index in [0.29, 0.717) is 0 Å². The minimum absolute atomic E-state index is 0.146. The van der Waals surface area contributed by atoms with Crippen LogP contribution in [0.2, 0.25) is 6.55 Å². The van der Waals surface area contributed by atoms with Crippen molar-refractivity contribution in [3.05, 3.63) is 12.7 Å². The number of carbonyl (C=O) groups excluding carboxylic acids is 1. The molecule has 0 N–H and O–H groups in total. The molecule has 3 nitrogen and oxygen atoms in total. The Kier molecular flexibility index (Phi) is 5.57. The molecule has 0 aliphatic carbocycles. The molecule has 0 bridgehead atoms. The normalized spacial score (nSPS) is 10.9. The molecule has 6 heteroatoms. The average molecular weight is 229 g/mol. The molecule has 0 fully saturated rings. The Bertz CT molecular complexity index is 167. The van der Waals surface area contributed by atoms with Crippen LogP contribution in [0.5, 0.6) is 0 Å². The van der Waals surface area contributed by atoms with Gasteiger partial charge in [0.25, 0.3) is 0 Å². The zero-order valence-corrected chi connectivity index (χ0v) is 9.19. The van der Waals surface area contributed by atoms with Gasteiger partial charge in [-0.1, -0.05) is 6.58 Å². The van der Waals surface area contributed by atoms with Crippen LogP contribution >= 0.6 is 22.2 Å². The summed E-state index contributed by atoms with van der Waals surface area (Å²) in [6.45, 7) is 2.70. The maximum Gasteiger partial charge on any atom is 0.386 e. The zero-order valence-electron chi connectivity index (χ0n) is 6.68. The van der Waals surface area contributed by atoms with Crippen molar-refractivity contribution in [2.45, 2.75) is 6.55 Å². The summed E-state index contributed by atoms with van der Waals surface area (Å²) in [5.41, 5.74) is 0. The molecule has 0 aliphatic rings. The number of rotatable bonds is 5. The number of hydrogen-bond acceptors (Lipinski definition) is 3. The topological polar surface area (TPSA) is 35.5 Å². The van der Waals surface area contributed by atoms with Gasteiger partial charge in [-0.3, -0.25) is 0 Å². The van der Waals surface area contributed by atoms with Crippen LogP contribution in [0, 0.1) is 0 Å². The van der Waals surface area contributed by atoms with E-state index >= 15 is 0 Å². The van der Waals surface area contributed by atoms with E-state index in [2.05, 4.69) is 11.3 Å². The molecule has 0 amide bonds. The second-order valence-corrected chi connectivity index (χ2v) is 8.84. The molecular weight excluding hydrogens is 219 g/mol. The van der Waals surface area contributed by atoms with Crippen molar-refractivity contribution in [1.29, 1.82) is 0 Å². The lowest BCUT2D eigenvalue weighted by atomic mass is 10.6. The molecule has 0 atom stereocenters. The molecule has 12 heavy (non-hydrogen) atoms. The molecule has 0 aromatic rings. The maximum absolute atomic E-state index is 10.5. The highest BCUT2D eigenvalue weighted by Gasteiger charge is 2.22. The van der Waals surface area contributed by atoms with Gasteiger partial charge in [0.2, 0.25) is 0 Å². The van der Waals surface area contributed by atoms with Gasteiger partial charge in [0, 0.05) is 6.08 Å². The van der Waals surface area contributed by atoms with Gasteiger partial charge in [-0.15, -0.1) is 22.2 Å². The second-order valence-electron chi connectivity index (χ2n) is 2.03. The minimum Gasteiger partial charge on any atom is -0.460 e. The largest absolute Gasteiger partial charge is 0.460 e. The van der Waals surface area contributed by atoms with Crippen molar-refractivity contribution in [2.75, 3.05) is 13.2 Å². The summed E-state index contributed by atoms with van der Waals surface area (Å²) in [6, 6.07) is 0. The summed E-state index contributed by atoms with van der Waals surface area (Å²) >= 11 is 11.2. The van der Waals surface area contributed by atoms with Gasteiger partial charge in [-0.2, -0.15) is 0 Å². The third-order valence-corrected chi connectivity index (χ3v) is 2.22. The Morgan fingerprint density at radius 2 is 2.17 bits per heavy atom. The van der Waals surface area contributed by atoms with Gasteiger partial charge in [0.05, 0.1) is 6.61 Å². The van der Waals surface area contributed by atoms with Gasteiger partial charge in [-0.25, -0.2) is 4.79 Å². The molecule has 0 saturated carbocycles. The van der Waals surface area contributed by atoms with Crippen LogP contribution < -0.4 is 0 Å². The summed E-state index contributed by atoms with van der Waals surface area (Å²) in [4.78, 5) is 10.5. The fraction of sp³-hybridized carbons (Fsp3) is 0.500.